The van der Waals surface area contributed by atoms with E-state index in [4.69, 9.17) is 28.4 Å². The Morgan fingerprint density at radius 2 is 1.21 bits per heavy atom. The zero-order valence-corrected chi connectivity index (χ0v) is 31.0. The van der Waals surface area contributed by atoms with Crippen molar-refractivity contribution in [3.8, 4) is 23.0 Å². The molecule has 4 unspecified atom stereocenters. The zero-order chi connectivity index (χ0) is 40.6. The van der Waals surface area contributed by atoms with Crippen LogP contribution < -0.4 is 19.5 Å². The van der Waals surface area contributed by atoms with Crippen LogP contribution in [-0.2, 0) is 24.6 Å². The van der Waals surface area contributed by atoms with Crippen LogP contribution in [0.3, 0.4) is 0 Å². The maximum atomic E-state index is 13.8. The molecule has 9 N–H and O–H groups in total. The maximum Gasteiger partial charge on any atom is 0.340 e. The van der Waals surface area contributed by atoms with Gasteiger partial charge in [-0.1, -0.05) is 38.7 Å². The molecule has 0 saturated carbocycles. The molecular formula is C40H47NO16. The largest absolute Gasteiger partial charge is 0.462 e. The van der Waals surface area contributed by atoms with Gasteiger partial charge in [0.1, 0.15) is 71.8 Å². The van der Waals surface area contributed by atoms with E-state index in [0.717, 1.165) is 32.1 Å². The number of nitrogens with one attached hydrogen (secondary N) is 1. The van der Waals surface area contributed by atoms with Crippen molar-refractivity contribution in [1.29, 1.82) is 0 Å². The van der Waals surface area contributed by atoms with Crippen molar-refractivity contribution in [2.45, 2.75) is 112 Å². The van der Waals surface area contributed by atoms with Crippen LogP contribution in [0.4, 0.5) is 5.69 Å². The van der Waals surface area contributed by atoms with E-state index in [1.807, 2.05) is 0 Å². The number of aliphatic hydroxyl groups excluding tert-OH is 8. The Morgan fingerprint density at radius 1 is 0.684 bits per heavy atom. The molecule has 308 valence electrons. The second-order valence-corrected chi connectivity index (χ2v) is 14.6. The summed E-state index contributed by atoms with van der Waals surface area (Å²) in [5.41, 5.74) is 0.0873. The van der Waals surface area contributed by atoms with Gasteiger partial charge in [-0.3, -0.25) is 4.79 Å². The van der Waals surface area contributed by atoms with Crippen molar-refractivity contribution in [2.24, 2.45) is 0 Å². The Hall–Kier alpha value is -4.40. The highest BCUT2D eigenvalue weighted by atomic mass is 16.7. The standard InChI is InChI=1S/C40H47NO16/c1-2-3-4-5-6-7-30(44)41-19-8-11-23-22(14-19)37(51)57-40(23)24-12-9-20(52-38-35(49)33(47)31(45)28(17-42)55-38)15-26(24)54-27-16-21(10-13-25(27)40)53-39-36(50)34(48)32(46)29(18-43)56-39/h8-16,28-29,31-36,38-39,42-43,45-50H,2-7,17-18H2,1H3,(H,41,44)/t28?,29?,31-,32-,33+,34+,35?,36?,38+,39+,40?/m0/s1. The van der Waals surface area contributed by atoms with E-state index in [1.165, 1.54) is 24.3 Å². The first kappa shape index (κ1) is 40.8. The van der Waals surface area contributed by atoms with Crippen LogP contribution in [0.1, 0.15) is 72.5 Å². The van der Waals surface area contributed by atoms with Crippen LogP contribution in [0.5, 0.6) is 23.0 Å². The third-order valence-electron chi connectivity index (χ3n) is 10.7. The number of ether oxygens (including phenoxy) is 6. The third kappa shape index (κ3) is 7.68. The Balaban J connectivity index is 1.23. The van der Waals surface area contributed by atoms with Gasteiger partial charge in [-0.05, 0) is 42.8 Å². The number of fused-ring (bicyclic) bond motifs is 6. The van der Waals surface area contributed by atoms with E-state index in [-0.39, 0.29) is 34.5 Å². The summed E-state index contributed by atoms with van der Waals surface area (Å²) >= 11 is 0. The van der Waals surface area contributed by atoms with E-state index < -0.39 is 86.2 Å². The molecule has 57 heavy (non-hydrogen) atoms. The lowest BCUT2D eigenvalue weighted by atomic mass is 9.77. The fourth-order valence-electron chi connectivity index (χ4n) is 7.62. The SMILES string of the molecule is CCCCCCCC(=O)Nc1ccc2c(c1)C(=O)OC21c2ccc(O[C@@H]3OC(CO)[C@H](O)[C@@H](O)C3O)cc2Oc2cc(O[C@@H]3OC(CO)[C@H](O)[C@@H](O)C3O)ccc21. The summed E-state index contributed by atoms with van der Waals surface area (Å²) < 4.78 is 35.4. The van der Waals surface area contributed by atoms with Gasteiger partial charge in [0, 0.05) is 40.9 Å². The molecular weight excluding hydrogens is 750 g/mol. The summed E-state index contributed by atoms with van der Waals surface area (Å²) in [5.74, 6) is -0.548. The summed E-state index contributed by atoms with van der Waals surface area (Å²) in [4.78, 5) is 26.6. The first-order valence-corrected chi connectivity index (χ1v) is 19.0. The van der Waals surface area contributed by atoms with Crippen molar-refractivity contribution >= 4 is 17.6 Å². The number of benzene rings is 3. The molecule has 2 saturated heterocycles. The van der Waals surface area contributed by atoms with Gasteiger partial charge in [0.2, 0.25) is 18.5 Å². The summed E-state index contributed by atoms with van der Waals surface area (Å²) in [6.07, 6.45) is -10.2. The van der Waals surface area contributed by atoms with Gasteiger partial charge in [-0.25, -0.2) is 4.79 Å². The molecule has 1 amide bonds. The van der Waals surface area contributed by atoms with Gasteiger partial charge < -0.3 is 74.6 Å². The Morgan fingerprint density at radius 3 is 1.74 bits per heavy atom. The number of hydrogen-bond acceptors (Lipinski definition) is 16. The summed E-state index contributed by atoms with van der Waals surface area (Å²) in [6, 6.07) is 13.9. The molecule has 0 bridgehead atoms. The molecule has 0 aliphatic carbocycles. The molecule has 1 spiro atoms. The summed E-state index contributed by atoms with van der Waals surface area (Å²) in [7, 11) is 0. The zero-order valence-electron chi connectivity index (χ0n) is 31.0. The van der Waals surface area contributed by atoms with Gasteiger partial charge >= 0.3 is 5.97 Å². The summed E-state index contributed by atoms with van der Waals surface area (Å²) in [5, 5.41) is 84.5. The van der Waals surface area contributed by atoms with Gasteiger partial charge in [0.25, 0.3) is 0 Å². The van der Waals surface area contributed by atoms with Crippen LogP contribution >= 0.6 is 0 Å². The highest BCUT2D eigenvalue weighted by molar-refractivity contribution is 5.99. The first-order chi connectivity index (χ1) is 27.4. The van der Waals surface area contributed by atoms with Crippen molar-refractivity contribution in [3.05, 3.63) is 76.9 Å². The Bertz CT molecular complexity index is 1850. The number of rotatable bonds is 13. The van der Waals surface area contributed by atoms with E-state index in [1.54, 1.807) is 30.3 Å². The smallest absolute Gasteiger partial charge is 0.340 e. The minimum atomic E-state index is -1.70. The minimum absolute atomic E-state index is 0.0581. The monoisotopic (exact) mass is 797 g/mol. The number of anilines is 1. The maximum absolute atomic E-state index is 13.8. The molecule has 4 heterocycles. The average Bonchev–Trinajstić information content (AvgIpc) is 3.49. The number of carbonyl (C=O) groups excluding carboxylic acids is 2. The lowest BCUT2D eigenvalue weighted by molar-refractivity contribution is -0.277. The average molecular weight is 798 g/mol. The molecule has 4 aliphatic heterocycles. The van der Waals surface area contributed by atoms with Crippen molar-refractivity contribution in [1.82, 2.24) is 0 Å². The lowest BCUT2D eigenvalue weighted by Crippen LogP contribution is -2.60. The van der Waals surface area contributed by atoms with E-state index in [2.05, 4.69) is 12.2 Å². The second-order valence-electron chi connectivity index (χ2n) is 14.6. The Labute approximate surface area is 326 Å². The predicted molar refractivity (Wildman–Crippen MR) is 195 cm³/mol. The van der Waals surface area contributed by atoms with E-state index >= 15 is 0 Å². The van der Waals surface area contributed by atoms with Gasteiger partial charge in [0.05, 0.1) is 18.8 Å². The predicted octanol–water partition coefficient (Wildman–Crippen LogP) is 0.911. The number of amides is 1. The number of hydrogen-bond donors (Lipinski definition) is 9. The van der Waals surface area contributed by atoms with Crippen LogP contribution in [0.2, 0.25) is 0 Å². The molecule has 3 aromatic rings. The van der Waals surface area contributed by atoms with Crippen molar-refractivity contribution in [3.63, 3.8) is 0 Å². The molecule has 0 aromatic heterocycles. The second kappa shape index (κ2) is 16.8. The topological polar surface area (TPSA) is 263 Å². The summed E-state index contributed by atoms with van der Waals surface area (Å²) in [6.45, 7) is 0.785. The Kier molecular flexibility index (Phi) is 12.0. The highest BCUT2D eigenvalue weighted by Gasteiger charge is 2.54. The number of carbonyl (C=O) groups is 2. The number of esters is 1. The molecule has 17 heteroatoms. The van der Waals surface area contributed by atoms with E-state index in [9.17, 15) is 50.4 Å². The number of unbranched alkanes of at least 4 members (excludes halogenated alkanes) is 4. The van der Waals surface area contributed by atoms with Crippen LogP contribution in [0, 0.1) is 0 Å². The number of aliphatic hydroxyl groups is 8. The third-order valence-corrected chi connectivity index (χ3v) is 10.7. The molecule has 0 radical (unpaired) electrons. The normalized spacial score (nSPS) is 31.4. The molecule has 10 atom stereocenters. The molecule has 17 nitrogen and oxygen atoms in total. The molecule has 3 aromatic carbocycles. The van der Waals surface area contributed by atoms with Gasteiger partial charge in [-0.15, -0.1) is 0 Å². The quantitative estimate of drug-likeness (QED) is 0.0860. The van der Waals surface area contributed by atoms with Gasteiger partial charge in [0.15, 0.2) is 5.60 Å². The fourth-order valence-corrected chi connectivity index (χ4v) is 7.62. The lowest BCUT2D eigenvalue weighted by Gasteiger charge is -2.40. The highest BCUT2D eigenvalue weighted by Crippen LogP contribution is 2.57. The molecule has 4 aliphatic rings. The van der Waals surface area contributed by atoms with Gasteiger partial charge in [-0.2, -0.15) is 0 Å². The van der Waals surface area contributed by atoms with Crippen molar-refractivity contribution in [2.75, 3.05) is 18.5 Å². The van der Waals surface area contributed by atoms with Crippen LogP contribution in [0.15, 0.2) is 54.6 Å². The molecule has 7 rings (SSSR count). The fraction of sp³-hybridized carbons (Fsp3) is 0.500. The van der Waals surface area contributed by atoms with E-state index in [0.29, 0.717) is 28.8 Å². The van der Waals surface area contributed by atoms with Crippen LogP contribution in [-0.4, -0.2) is 127 Å². The van der Waals surface area contributed by atoms with Crippen LogP contribution in [0.25, 0.3) is 0 Å². The molecule has 2 fully saturated rings. The first-order valence-electron chi connectivity index (χ1n) is 19.0. The minimum Gasteiger partial charge on any atom is -0.462 e. The van der Waals surface area contributed by atoms with Crippen molar-refractivity contribution < 1.29 is 78.9 Å².